The number of rotatable bonds is 3. The molecule has 0 saturated carbocycles. The SMILES string of the molecule is O=C(O)C(O)c1cc(-c2ccccc2)cs1. The third-order valence-electron chi connectivity index (χ3n) is 2.23. The number of aliphatic hydroxyl groups excluding tert-OH is 1. The van der Waals surface area contributed by atoms with Crippen molar-refractivity contribution in [2.75, 3.05) is 0 Å². The van der Waals surface area contributed by atoms with E-state index in [0.29, 0.717) is 4.88 Å². The van der Waals surface area contributed by atoms with E-state index in [1.165, 1.54) is 11.3 Å². The van der Waals surface area contributed by atoms with Gasteiger partial charge in [-0.15, -0.1) is 11.3 Å². The molecule has 3 nitrogen and oxygen atoms in total. The van der Waals surface area contributed by atoms with Crippen LogP contribution in [-0.2, 0) is 4.79 Å². The molecular formula is C12H10O3S. The van der Waals surface area contributed by atoms with Crippen LogP contribution in [0.1, 0.15) is 11.0 Å². The van der Waals surface area contributed by atoms with Crippen LogP contribution in [0.25, 0.3) is 11.1 Å². The van der Waals surface area contributed by atoms with Crippen molar-refractivity contribution in [2.45, 2.75) is 6.10 Å². The number of thiophene rings is 1. The molecule has 0 amide bonds. The first-order valence-electron chi connectivity index (χ1n) is 4.73. The monoisotopic (exact) mass is 234 g/mol. The Morgan fingerprint density at radius 2 is 1.88 bits per heavy atom. The number of carboxylic acid groups (broad SMARTS) is 1. The van der Waals surface area contributed by atoms with Crippen LogP contribution in [0.3, 0.4) is 0 Å². The highest BCUT2D eigenvalue weighted by Gasteiger charge is 2.18. The van der Waals surface area contributed by atoms with Crippen LogP contribution in [-0.4, -0.2) is 16.2 Å². The fourth-order valence-corrected chi connectivity index (χ4v) is 2.29. The Morgan fingerprint density at radius 3 is 2.50 bits per heavy atom. The average Bonchev–Trinajstić information content (AvgIpc) is 2.78. The van der Waals surface area contributed by atoms with Gasteiger partial charge in [0.1, 0.15) is 0 Å². The molecule has 0 aliphatic rings. The lowest BCUT2D eigenvalue weighted by Crippen LogP contribution is -2.08. The molecule has 16 heavy (non-hydrogen) atoms. The summed E-state index contributed by atoms with van der Waals surface area (Å²) >= 11 is 1.25. The highest BCUT2D eigenvalue weighted by molar-refractivity contribution is 7.10. The molecule has 4 heteroatoms. The molecule has 0 aliphatic carbocycles. The van der Waals surface area contributed by atoms with E-state index in [1.807, 2.05) is 35.7 Å². The maximum Gasteiger partial charge on any atom is 0.338 e. The molecule has 0 aliphatic heterocycles. The second kappa shape index (κ2) is 4.47. The van der Waals surface area contributed by atoms with Crippen molar-refractivity contribution in [1.82, 2.24) is 0 Å². The average molecular weight is 234 g/mol. The van der Waals surface area contributed by atoms with Crippen molar-refractivity contribution in [1.29, 1.82) is 0 Å². The van der Waals surface area contributed by atoms with Gasteiger partial charge in [-0.2, -0.15) is 0 Å². The fourth-order valence-electron chi connectivity index (χ4n) is 1.40. The van der Waals surface area contributed by atoms with Crippen molar-refractivity contribution < 1.29 is 15.0 Å². The molecule has 1 unspecified atom stereocenters. The Kier molecular flexibility index (Phi) is 3.03. The van der Waals surface area contributed by atoms with Gasteiger partial charge in [0.05, 0.1) is 0 Å². The molecule has 1 aromatic heterocycles. The second-order valence-corrected chi connectivity index (χ2v) is 4.29. The van der Waals surface area contributed by atoms with E-state index in [9.17, 15) is 9.90 Å². The molecular weight excluding hydrogens is 224 g/mol. The molecule has 1 atom stereocenters. The van der Waals surface area contributed by atoms with Gasteiger partial charge in [0.25, 0.3) is 0 Å². The zero-order valence-electron chi connectivity index (χ0n) is 8.33. The maximum absolute atomic E-state index is 10.6. The summed E-state index contributed by atoms with van der Waals surface area (Å²) in [7, 11) is 0. The van der Waals surface area contributed by atoms with Crippen LogP contribution in [0, 0.1) is 0 Å². The Hall–Kier alpha value is -1.65. The lowest BCUT2D eigenvalue weighted by atomic mass is 10.1. The van der Waals surface area contributed by atoms with Crippen molar-refractivity contribution >= 4 is 17.3 Å². The van der Waals surface area contributed by atoms with Gasteiger partial charge in [0.15, 0.2) is 6.10 Å². The lowest BCUT2D eigenvalue weighted by molar-refractivity contribution is -0.146. The quantitative estimate of drug-likeness (QED) is 0.858. The number of hydrogen-bond donors (Lipinski definition) is 2. The smallest absolute Gasteiger partial charge is 0.338 e. The van der Waals surface area contributed by atoms with Gasteiger partial charge in [-0.1, -0.05) is 30.3 Å². The largest absolute Gasteiger partial charge is 0.479 e. The number of carboxylic acids is 1. The predicted molar refractivity (Wildman–Crippen MR) is 62.4 cm³/mol. The molecule has 0 spiro atoms. The topological polar surface area (TPSA) is 57.5 Å². The summed E-state index contributed by atoms with van der Waals surface area (Å²) in [4.78, 5) is 11.1. The van der Waals surface area contributed by atoms with Crippen LogP contribution < -0.4 is 0 Å². The van der Waals surface area contributed by atoms with E-state index in [4.69, 9.17) is 5.11 Å². The highest BCUT2D eigenvalue weighted by atomic mass is 32.1. The van der Waals surface area contributed by atoms with Crippen LogP contribution in [0.5, 0.6) is 0 Å². The van der Waals surface area contributed by atoms with Gasteiger partial charge in [-0.05, 0) is 22.6 Å². The molecule has 1 heterocycles. The number of carbonyl (C=O) groups is 1. The molecule has 82 valence electrons. The van der Waals surface area contributed by atoms with Gasteiger partial charge >= 0.3 is 5.97 Å². The second-order valence-electron chi connectivity index (χ2n) is 3.34. The Morgan fingerprint density at radius 1 is 1.19 bits per heavy atom. The minimum atomic E-state index is -1.43. The number of aliphatic carboxylic acids is 1. The van der Waals surface area contributed by atoms with E-state index in [1.54, 1.807) is 6.07 Å². The Labute approximate surface area is 96.6 Å². The van der Waals surface area contributed by atoms with E-state index < -0.39 is 12.1 Å². The number of aliphatic hydroxyl groups is 1. The van der Waals surface area contributed by atoms with Crippen molar-refractivity contribution in [3.05, 3.63) is 46.7 Å². The van der Waals surface area contributed by atoms with Gasteiger partial charge in [0.2, 0.25) is 0 Å². The first kappa shape index (κ1) is 10.9. The first-order chi connectivity index (χ1) is 7.68. The third-order valence-corrected chi connectivity index (χ3v) is 3.22. The summed E-state index contributed by atoms with van der Waals surface area (Å²) < 4.78 is 0. The normalized spacial score (nSPS) is 12.3. The summed E-state index contributed by atoms with van der Waals surface area (Å²) in [6.45, 7) is 0. The molecule has 2 N–H and O–H groups in total. The number of benzene rings is 1. The van der Waals surface area contributed by atoms with Crippen LogP contribution in [0.15, 0.2) is 41.8 Å². The molecule has 0 fully saturated rings. The first-order valence-corrected chi connectivity index (χ1v) is 5.61. The summed E-state index contributed by atoms with van der Waals surface area (Å²) in [5.41, 5.74) is 1.95. The minimum Gasteiger partial charge on any atom is -0.479 e. The summed E-state index contributed by atoms with van der Waals surface area (Å²) in [6.07, 6.45) is -1.43. The van der Waals surface area contributed by atoms with Crippen LogP contribution in [0.2, 0.25) is 0 Å². The molecule has 2 rings (SSSR count). The third kappa shape index (κ3) is 2.13. The van der Waals surface area contributed by atoms with E-state index in [-0.39, 0.29) is 0 Å². The molecule has 0 bridgehead atoms. The molecule has 2 aromatic rings. The molecule has 0 radical (unpaired) electrons. The minimum absolute atomic E-state index is 0.450. The zero-order valence-corrected chi connectivity index (χ0v) is 9.15. The standard InChI is InChI=1S/C12H10O3S/c13-11(12(14)15)10-6-9(7-16-10)8-4-2-1-3-5-8/h1-7,11,13H,(H,14,15). The van der Waals surface area contributed by atoms with Crippen LogP contribution >= 0.6 is 11.3 Å². The lowest BCUT2D eigenvalue weighted by Gasteiger charge is -2.00. The zero-order chi connectivity index (χ0) is 11.5. The van der Waals surface area contributed by atoms with Gasteiger partial charge in [0, 0.05) is 4.88 Å². The predicted octanol–water partition coefficient (Wildman–Crippen LogP) is 2.53. The number of hydrogen-bond acceptors (Lipinski definition) is 3. The van der Waals surface area contributed by atoms with Gasteiger partial charge in [-0.25, -0.2) is 4.79 Å². The van der Waals surface area contributed by atoms with Gasteiger partial charge < -0.3 is 10.2 Å². The summed E-state index contributed by atoms with van der Waals surface area (Å²) in [5.74, 6) is -1.22. The van der Waals surface area contributed by atoms with E-state index >= 15 is 0 Å². The molecule has 0 saturated heterocycles. The fraction of sp³-hybridized carbons (Fsp3) is 0.0833. The van der Waals surface area contributed by atoms with E-state index in [2.05, 4.69) is 0 Å². The van der Waals surface area contributed by atoms with Crippen molar-refractivity contribution in [3.63, 3.8) is 0 Å². The van der Waals surface area contributed by atoms with Crippen molar-refractivity contribution in [2.24, 2.45) is 0 Å². The summed E-state index contributed by atoms with van der Waals surface area (Å²) in [5, 5.41) is 19.9. The highest BCUT2D eigenvalue weighted by Crippen LogP contribution is 2.29. The van der Waals surface area contributed by atoms with Crippen molar-refractivity contribution in [3.8, 4) is 11.1 Å². The van der Waals surface area contributed by atoms with E-state index in [0.717, 1.165) is 11.1 Å². The Balaban J connectivity index is 2.30. The van der Waals surface area contributed by atoms with Crippen LogP contribution in [0.4, 0.5) is 0 Å². The van der Waals surface area contributed by atoms with Gasteiger partial charge in [-0.3, -0.25) is 0 Å². The summed E-state index contributed by atoms with van der Waals surface area (Å²) in [6, 6.07) is 11.3. The molecule has 1 aromatic carbocycles. The Bertz CT molecular complexity index is 490. The maximum atomic E-state index is 10.6.